The summed E-state index contributed by atoms with van der Waals surface area (Å²) in [6.45, 7) is 5.29. The molecule has 1 aliphatic carbocycles. The van der Waals surface area contributed by atoms with Crippen LogP contribution in [0.25, 0.3) is 0 Å². The summed E-state index contributed by atoms with van der Waals surface area (Å²) in [5.41, 5.74) is 2.61. The maximum absolute atomic E-state index is 13.2. The van der Waals surface area contributed by atoms with E-state index in [1.807, 2.05) is 0 Å². The van der Waals surface area contributed by atoms with Crippen molar-refractivity contribution >= 4 is 11.7 Å². The van der Waals surface area contributed by atoms with Gasteiger partial charge in [0, 0.05) is 49.9 Å². The van der Waals surface area contributed by atoms with Crippen LogP contribution < -0.4 is 4.90 Å². The first-order valence-electron chi connectivity index (χ1n) is 10.6. The van der Waals surface area contributed by atoms with E-state index in [0.29, 0.717) is 18.7 Å². The summed E-state index contributed by atoms with van der Waals surface area (Å²) in [4.78, 5) is 28.7. The Bertz CT molecular complexity index is 891. The van der Waals surface area contributed by atoms with E-state index in [4.69, 9.17) is 0 Å². The van der Waals surface area contributed by atoms with Gasteiger partial charge in [-0.1, -0.05) is 6.42 Å². The van der Waals surface area contributed by atoms with E-state index in [1.54, 1.807) is 23.4 Å². The quantitative estimate of drug-likeness (QED) is 0.799. The summed E-state index contributed by atoms with van der Waals surface area (Å²) in [6, 6.07) is 6.53. The molecule has 3 aliphatic rings. The lowest BCUT2D eigenvalue weighted by Crippen LogP contribution is -2.52. The molecule has 2 fully saturated rings. The molecule has 3 heterocycles. The second-order valence-electron chi connectivity index (χ2n) is 8.21. The third-order valence-electron chi connectivity index (χ3n) is 6.57. The Labute approximate surface area is 170 Å². The molecule has 0 N–H and O–H groups in total. The van der Waals surface area contributed by atoms with Crippen LogP contribution in [-0.2, 0) is 13.0 Å². The highest BCUT2D eigenvalue weighted by atomic mass is 19.1. The van der Waals surface area contributed by atoms with E-state index in [0.717, 1.165) is 50.2 Å². The number of fused-ring (bicyclic) bond motifs is 1. The fraction of sp³-hybridized carbons (Fsp3) is 0.500. The molecule has 1 saturated heterocycles. The third-order valence-corrected chi connectivity index (χ3v) is 6.57. The molecule has 0 spiro atoms. The van der Waals surface area contributed by atoms with Crippen LogP contribution in [0.1, 0.15) is 40.9 Å². The fourth-order valence-corrected chi connectivity index (χ4v) is 4.61. The van der Waals surface area contributed by atoms with Crippen molar-refractivity contribution in [1.82, 2.24) is 19.8 Å². The first-order chi connectivity index (χ1) is 14.2. The topological polar surface area (TPSA) is 52.6 Å². The Morgan fingerprint density at radius 2 is 1.76 bits per heavy atom. The molecule has 0 atom stereocenters. The number of nitrogens with zero attached hydrogens (tertiary/aromatic N) is 5. The molecule has 1 aromatic carbocycles. The van der Waals surface area contributed by atoms with Gasteiger partial charge in [0.05, 0.1) is 12.2 Å². The second kappa shape index (κ2) is 7.71. The van der Waals surface area contributed by atoms with Gasteiger partial charge < -0.3 is 9.80 Å². The summed E-state index contributed by atoms with van der Waals surface area (Å²) in [6.07, 6.45) is 6.44. The van der Waals surface area contributed by atoms with E-state index in [1.165, 1.54) is 37.0 Å². The first-order valence-corrected chi connectivity index (χ1v) is 10.6. The molecule has 152 valence electrons. The highest BCUT2D eigenvalue weighted by Gasteiger charge is 2.31. The largest absolute Gasteiger partial charge is 0.354 e. The number of hydrogen-bond acceptors (Lipinski definition) is 5. The van der Waals surface area contributed by atoms with Gasteiger partial charge in [-0.3, -0.25) is 9.69 Å². The molecule has 5 rings (SSSR count). The minimum absolute atomic E-state index is 0.0788. The third kappa shape index (κ3) is 3.59. The van der Waals surface area contributed by atoms with Gasteiger partial charge in [-0.2, -0.15) is 0 Å². The molecule has 29 heavy (non-hydrogen) atoms. The van der Waals surface area contributed by atoms with Gasteiger partial charge in [0.25, 0.3) is 5.91 Å². The molecule has 0 unspecified atom stereocenters. The maximum Gasteiger partial charge on any atom is 0.254 e. The minimum atomic E-state index is -0.333. The van der Waals surface area contributed by atoms with Crippen molar-refractivity contribution in [3.8, 4) is 0 Å². The molecule has 2 aromatic rings. The number of halogens is 1. The normalized spacial score (nSPS) is 20.3. The average molecular weight is 395 g/mol. The number of hydrogen-bond donors (Lipinski definition) is 0. The summed E-state index contributed by atoms with van der Waals surface area (Å²) in [7, 11) is 0. The van der Waals surface area contributed by atoms with Gasteiger partial charge in [0.1, 0.15) is 18.0 Å². The Hall–Kier alpha value is -2.54. The predicted octanol–water partition coefficient (Wildman–Crippen LogP) is 2.49. The molecular weight excluding hydrogens is 369 g/mol. The zero-order valence-corrected chi connectivity index (χ0v) is 16.6. The van der Waals surface area contributed by atoms with Crippen LogP contribution in [0.2, 0.25) is 0 Å². The summed E-state index contributed by atoms with van der Waals surface area (Å²) in [5.74, 6) is 0.627. The summed E-state index contributed by atoms with van der Waals surface area (Å²) >= 11 is 0. The van der Waals surface area contributed by atoms with Gasteiger partial charge in [0.15, 0.2) is 0 Å². The number of aromatic nitrogens is 2. The Kier molecular flexibility index (Phi) is 4.91. The van der Waals surface area contributed by atoms with E-state index in [-0.39, 0.29) is 11.7 Å². The zero-order chi connectivity index (χ0) is 19.8. The van der Waals surface area contributed by atoms with Crippen molar-refractivity contribution < 1.29 is 9.18 Å². The molecule has 0 bridgehead atoms. The number of piperazine rings is 1. The number of rotatable bonds is 3. The van der Waals surface area contributed by atoms with Crippen LogP contribution in [0.5, 0.6) is 0 Å². The van der Waals surface area contributed by atoms with Crippen LogP contribution in [0.4, 0.5) is 10.2 Å². The van der Waals surface area contributed by atoms with Crippen molar-refractivity contribution in [2.24, 2.45) is 0 Å². The molecule has 6 nitrogen and oxygen atoms in total. The monoisotopic (exact) mass is 395 g/mol. The first kappa shape index (κ1) is 18.5. The highest BCUT2D eigenvalue weighted by Crippen LogP contribution is 2.29. The predicted molar refractivity (Wildman–Crippen MR) is 108 cm³/mol. The van der Waals surface area contributed by atoms with Crippen molar-refractivity contribution in [1.29, 1.82) is 0 Å². The van der Waals surface area contributed by atoms with Gasteiger partial charge in [-0.05, 0) is 43.5 Å². The minimum Gasteiger partial charge on any atom is -0.354 e. The van der Waals surface area contributed by atoms with E-state index in [2.05, 4.69) is 19.8 Å². The second-order valence-corrected chi connectivity index (χ2v) is 8.21. The molecular formula is C22H26FN5O. The Balaban J connectivity index is 1.29. The van der Waals surface area contributed by atoms with Gasteiger partial charge >= 0.3 is 0 Å². The lowest BCUT2D eigenvalue weighted by Gasteiger charge is -2.43. The molecule has 2 aliphatic heterocycles. The Morgan fingerprint density at radius 3 is 2.45 bits per heavy atom. The van der Waals surface area contributed by atoms with E-state index in [9.17, 15) is 9.18 Å². The van der Waals surface area contributed by atoms with Crippen molar-refractivity contribution in [3.05, 3.63) is 53.2 Å². The van der Waals surface area contributed by atoms with E-state index >= 15 is 0 Å². The van der Waals surface area contributed by atoms with Crippen LogP contribution in [0.3, 0.4) is 0 Å². The van der Waals surface area contributed by atoms with Gasteiger partial charge in [-0.25, -0.2) is 14.4 Å². The van der Waals surface area contributed by atoms with Gasteiger partial charge in [-0.15, -0.1) is 0 Å². The number of anilines is 1. The molecule has 1 saturated carbocycles. The number of amides is 1. The van der Waals surface area contributed by atoms with Crippen LogP contribution >= 0.6 is 0 Å². The summed E-state index contributed by atoms with van der Waals surface area (Å²) < 4.78 is 13.2. The maximum atomic E-state index is 13.2. The molecule has 1 aromatic heterocycles. The molecule has 7 heteroatoms. The van der Waals surface area contributed by atoms with Gasteiger partial charge in [0.2, 0.25) is 0 Å². The Morgan fingerprint density at radius 1 is 1.00 bits per heavy atom. The van der Waals surface area contributed by atoms with Crippen molar-refractivity contribution in [2.45, 2.75) is 38.3 Å². The van der Waals surface area contributed by atoms with Crippen molar-refractivity contribution in [3.63, 3.8) is 0 Å². The van der Waals surface area contributed by atoms with Crippen LogP contribution in [0, 0.1) is 5.82 Å². The van der Waals surface area contributed by atoms with Crippen LogP contribution in [0.15, 0.2) is 30.6 Å². The standard InChI is InChI=1S/C22H26FN5O/c23-17-6-4-16(5-7-17)22(29)28-9-8-19-20(14-28)24-15-25-21(19)27-12-10-26(11-13-27)18-2-1-3-18/h4-7,15,18H,1-3,8-14H2. The lowest BCUT2D eigenvalue weighted by atomic mass is 9.91. The van der Waals surface area contributed by atoms with E-state index < -0.39 is 0 Å². The lowest BCUT2D eigenvalue weighted by molar-refractivity contribution is 0.0731. The average Bonchev–Trinajstić information content (AvgIpc) is 2.72. The summed E-state index contributed by atoms with van der Waals surface area (Å²) in [5, 5.41) is 0. The molecule has 0 radical (unpaired) electrons. The highest BCUT2D eigenvalue weighted by molar-refractivity contribution is 5.94. The molecule has 1 amide bonds. The smallest absolute Gasteiger partial charge is 0.254 e. The number of carbonyl (C=O) groups excluding carboxylic acids is 1. The van der Waals surface area contributed by atoms with Crippen LogP contribution in [-0.4, -0.2) is 64.4 Å². The fourth-order valence-electron chi connectivity index (χ4n) is 4.61. The SMILES string of the molecule is O=C(c1ccc(F)cc1)N1CCc2c(ncnc2N2CCN(C3CCC3)CC2)C1. The number of benzene rings is 1. The van der Waals surface area contributed by atoms with Crippen molar-refractivity contribution in [2.75, 3.05) is 37.6 Å². The zero-order valence-electron chi connectivity index (χ0n) is 16.6. The number of carbonyl (C=O) groups is 1.